The van der Waals surface area contributed by atoms with Crippen LogP contribution in [0.15, 0.2) is 40.5 Å². The average molecular weight is 300 g/mol. The fraction of sp³-hybridized carbons (Fsp3) is 0.353. The van der Waals surface area contributed by atoms with Crippen molar-refractivity contribution in [1.29, 1.82) is 0 Å². The molecule has 2 N–H and O–H groups in total. The van der Waals surface area contributed by atoms with E-state index in [2.05, 4.69) is 16.7 Å². The second-order valence-electron chi connectivity index (χ2n) is 5.39. The van der Waals surface area contributed by atoms with Crippen LogP contribution < -0.4 is 15.4 Å². The zero-order valence-electron chi connectivity index (χ0n) is 12.6. The molecule has 0 spiro atoms. The number of methoxy groups -OCH3 is 1. The van der Waals surface area contributed by atoms with E-state index in [1.54, 1.807) is 13.4 Å². The molecule has 1 aliphatic rings. The summed E-state index contributed by atoms with van der Waals surface area (Å²) in [5, 5.41) is 7.19. The molecule has 1 amide bonds. The van der Waals surface area contributed by atoms with Crippen molar-refractivity contribution in [1.82, 2.24) is 10.6 Å². The summed E-state index contributed by atoms with van der Waals surface area (Å²) in [6, 6.07) is 5.63. The van der Waals surface area contributed by atoms with Crippen LogP contribution in [0.5, 0.6) is 5.75 Å². The van der Waals surface area contributed by atoms with Crippen LogP contribution in [0, 0.1) is 0 Å². The van der Waals surface area contributed by atoms with Crippen molar-refractivity contribution in [2.75, 3.05) is 26.7 Å². The lowest BCUT2D eigenvalue weighted by Crippen LogP contribution is -2.30. The van der Waals surface area contributed by atoms with E-state index >= 15 is 0 Å². The summed E-state index contributed by atoms with van der Waals surface area (Å²) in [5.41, 5.74) is 2.92. The highest BCUT2D eigenvalue weighted by molar-refractivity contribution is 5.88. The molecular weight excluding hydrogens is 280 g/mol. The Labute approximate surface area is 129 Å². The smallest absolute Gasteiger partial charge is 0.224 e. The number of hydrogen-bond donors (Lipinski definition) is 2. The molecule has 0 saturated carbocycles. The Morgan fingerprint density at radius 1 is 1.45 bits per heavy atom. The van der Waals surface area contributed by atoms with Gasteiger partial charge in [0, 0.05) is 30.1 Å². The van der Waals surface area contributed by atoms with Gasteiger partial charge in [-0.2, -0.15) is 0 Å². The number of benzene rings is 1. The van der Waals surface area contributed by atoms with E-state index in [0.29, 0.717) is 13.0 Å². The van der Waals surface area contributed by atoms with Gasteiger partial charge in [-0.25, -0.2) is 0 Å². The number of hydrogen-bond acceptors (Lipinski definition) is 4. The van der Waals surface area contributed by atoms with Gasteiger partial charge in [0.05, 0.1) is 19.8 Å². The second kappa shape index (κ2) is 6.66. The highest BCUT2D eigenvalue weighted by Crippen LogP contribution is 2.25. The third-order valence-corrected chi connectivity index (χ3v) is 3.88. The van der Waals surface area contributed by atoms with Crippen molar-refractivity contribution in [3.8, 4) is 5.75 Å². The Bertz CT molecular complexity index is 703. The first-order chi connectivity index (χ1) is 10.8. The van der Waals surface area contributed by atoms with E-state index in [0.717, 1.165) is 41.8 Å². The van der Waals surface area contributed by atoms with Crippen molar-refractivity contribution >= 4 is 16.9 Å². The Balaban J connectivity index is 1.62. The van der Waals surface area contributed by atoms with Crippen molar-refractivity contribution in [2.45, 2.75) is 12.8 Å². The summed E-state index contributed by atoms with van der Waals surface area (Å²) >= 11 is 0. The predicted octanol–water partition coefficient (Wildman–Crippen LogP) is 2.02. The summed E-state index contributed by atoms with van der Waals surface area (Å²) in [4.78, 5) is 12.1. The molecule has 5 nitrogen and oxygen atoms in total. The molecule has 0 fully saturated rings. The molecule has 3 rings (SSSR count). The molecule has 2 aromatic rings. The van der Waals surface area contributed by atoms with Crippen LogP contribution in [-0.4, -0.2) is 32.7 Å². The minimum atomic E-state index is 0.0120. The first-order valence-electron chi connectivity index (χ1n) is 7.45. The van der Waals surface area contributed by atoms with Crippen LogP contribution in [0.4, 0.5) is 0 Å². The number of nitrogens with one attached hydrogen (secondary N) is 2. The monoisotopic (exact) mass is 300 g/mol. The van der Waals surface area contributed by atoms with Gasteiger partial charge < -0.3 is 19.8 Å². The van der Waals surface area contributed by atoms with E-state index in [-0.39, 0.29) is 5.91 Å². The summed E-state index contributed by atoms with van der Waals surface area (Å²) in [5.74, 6) is 0.758. The molecule has 0 atom stereocenters. The second-order valence-corrected chi connectivity index (χ2v) is 5.39. The third kappa shape index (κ3) is 3.31. The van der Waals surface area contributed by atoms with Gasteiger partial charge in [0.2, 0.25) is 5.91 Å². The van der Waals surface area contributed by atoms with Gasteiger partial charge in [-0.15, -0.1) is 0 Å². The molecule has 0 unspecified atom stereocenters. The van der Waals surface area contributed by atoms with Crippen LogP contribution in [0.1, 0.15) is 12.0 Å². The minimum Gasteiger partial charge on any atom is -0.497 e. The maximum absolute atomic E-state index is 12.1. The molecular formula is C17H20N2O3. The van der Waals surface area contributed by atoms with Gasteiger partial charge in [-0.1, -0.05) is 11.6 Å². The topological polar surface area (TPSA) is 63.5 Å². The lowest BCUT2D eigenvalue weighted by atomic mass is 10.1. The predicted molar refractivity (Wildman–Crippen MR) is 85.0 cm³/mol. The Morgan fingerprint density at radius 3 is 3.14 bits per heavy atom. The quantitative estimate of drug-likeness (QED) is 0.829. The summed E-state index contributed by atoms with van der Waals surface area (Å²) in [6.45, 7) is 2.50. The summed E-state index contributed by atoms with van der Waals surface area (Å²) < 4.78 is 10.7. The lowest BCUT2D eigenvalue weighted by Gasteiger charge is -2.14. The molecule has 2 heterocycles. The van der Waals surface area contributed by atoms with Crippen LogP contribution in [-0.2, 0) is 11.2 Å². The van der Waals surface area contributed by atoms with E-state index in [4.69, 9.17) is 9.15 Å². The lowest BCUT2D eigenvalue weighted by molar-refractivity contribution is -0.120. The SMILES string of the molecule is COc1ccc2c(CC(=O)NCC3=CCNCC3)coc2c1. The van der Waals surface area contributed by atoms with Crippen molar-refractivity contribution < 1.29 is 13.9 Å². The van der Waals surface area contributed by atoms with Crippen molar-refractivity contribution in [3.63, 3.8) is 0 Å². The summed E-state index contributed by atoms with van der Waals surface area (Å²) in [6.07, 6.45) is 5.11. The fourth-order valence-corrected chi connectivity index (χ4v) is 2.61. The zero-order chi connectivity index (χ0) is 15.4. The standard InChI is InChI=1S/C17H20N2O3/c1-21-14-2-3-15-13(11-22-16(15)9-14)8-17(20)19-10-12-4-6-18-7-5-12/h2-4,9,11,18H,5-8,10H2,1H3,(H,19,20). The van der Waals surface area contributed by atoms with Gasteiger partial charge >= 0.3 is 0 Å². The number of carbonyl (C=O) groups is 1. The molecule has 0 bridgehead atoms. The number of ether oxygens (including phenoxy) is 1. The Kier molecular flexibility index (Phi) is 4.44. The minimum absolute atomic E-state index is 0.0120. The van der Waals surface area contributed by atoms with Crippen LogP contribution in [0.2, 0.25) is 0 Å². The molecule has 1 aromatic carbocycles. The molecule has 5 heteroatoms. The zero-order valence-corrected chi connectivity index (χ0v) is 12.6. The number of carbonyl (C=O) groups excluding carboxylic acids is 1. The number of amides is 1. The highest BCUT2D eigenvalue weighted by atomic mass is 16.5. The highest BCUT2D eigenvalue weighted by Gasteiger charge is 2.12. The van der Waals surface area contributed by atoms with Crippen LogP contribution >= 0.6 is 0 Å². The van der Waals surface area contributed by atoms with Crippen molar-refractivity contribution in [2.24, 2.45) is 0 Å². The first-order valence-corrected chi connectivity index (χ1v) is 7.45. The van der Waals surface area contributed by atoms with Gasteiger partial charge in [0.1, 0.15) is 11.3 Å². The Hall–Kier alpha value is -2.27. The van der Waals surface area contributed by atoms with E-state index in [1.165, 1.54) is 5.57 Å². The molecule has 0 aliphatic carbocycles. The normalized spacial score (nSPS) is 14.7. The maximum Gasteiger partial charge on any atom is 0.224 e. The van der Waals surface area contributed by atoms with E-state index in [9.17, 15) is 4.79 Å². The average Bonchev–Trinajstić information content (AvgIpc) is 2.96. The van der Waals surface area contributed by atoms with Crippen molar-refractivity contribution in [3.05, 3.63) is 41.7 Å². The van der Waals surface area contributed by atoms with Gasteiger partial charge in [-0.05, 0) is 25.1 Å². The number of fused-ring (bicyclic) bond motifs is 1. The molecule has 1 aliphatic heterocycles. The van der Waals surface area contributed by atoms with E-state index in [1.807, 2.05) is 18.2 Å². The van der Waals surface area contributed by atoms with Gasteiger partial charge in [0.25, 0.3) is 0 Å². The Morgan fingerprint density at radius 2 is 2.36 bits per heavy atom. The third-order valence-electron chi connectivity index (χ3n) is 3.88. The first kappa shape index (κ1) is 14.7. The molecule has 1 aromatic heterocycles. The van der Waals surface area contributed by atoms with Crippen LogP contribution in [0.25, 0.3) is 11.0 Å². The largest absolute Gasteiger partial charge is 0.497 e. The van der Waals surface area contributed by atoms with Gasteiger partial charge in [-0.3, -0.25) is 4.79 Å². The number of furan rings is 1. The maximum atomic E-state index is 12.1. The summed E-state index contributed by atoms with van der Waals surface area (Å²) in [7, 11) is 1.62. The molecule has 0 saturated heterocycles. The molecule has 22 heavy (non-hydrogen) atoms. The number of rotatable bonds is 5. The van der Waals surface area contributed by atoms with E-state index < -0.39 is 0 Å². The molecule has 116 valence electrons. The van der Waals surface area contributed by atoms with Crippen LogP contribution in [0.3, 0.4) is 0 Å². The fourth-order valence-electron chi connectivity index (χ4n) is 2.61. The van der Waals surface area contributed by atoms with Gasteiger partial charge in [0.15, 0.2) is 0 Å². The molecule has 0 radical (unpaired) electrons.